The van der Waals surface area contributed by atoms with E-state index < -0.39 is 5.41 Å². The molecule has 0 atom stereocenters. The summed E-state index contributed by atoms with van der Waals surface area (Å²) < 4.78 is 6.78. The third-order valence-corrected chi connectivity index (χ3v) is 3.07. The van der Waals surface area contributed by atoms with E-state index in [9.17, 15) is 5.11 Å². The van der Waals surface area contributed by atoms with Gasteiger partial charge in [0.25, 0.3) is 0 Å². The van der Waals surface area contributed by atoms with Crippen LogP contribution in [0.15, 0.2) is 18.3 Å². The average Bonchev–Trinajstić information content (AvgIpc) is 2.60. The van der Waals surface area contributed by atoms with Gasteiger partial charge in [-0.1, -0.05) is 11.6 Å². The van der Waals surface area contributed by atoms with Crippen LogP contribution >= 0.6 is 11.6 Å². The topological polar surface area (TPSA) is 59.7 Å². The molecule has 1 aliphatic heterocycles. The quantitative estimate of drug-likeness (QED) is 0.836. The lowest BCUT2D eigenvalue weighted by molar-refractivity contribution is -0.0882. The highest BCUT2D eigenvalue weighted by Crippen LogP contribution is 2.29. The van der Waals surface area contributed by atoms with Crippen molar-refractivity contribution in [2.75, 3.05) is 19.8 Å². The predicted molar refractivity (Wildman–Crippen MR) is 57.6 cm³/mol. The summed E-state index contributed by atoms with van der Waals surface area (Å²) >= 11 is 5.87. The van der Waals surface area contributed by atoms with Crippen LogP contribution in [0.5, 0.6) is 0 Å². The van der Waals surface area contributed by atoms with Crippen LogP contribution in [0, 0.1) is 0 Å². The van der Waals surface area contributed by atoms with E-state index in [1.807, 2.05) is 0 Å². The molecule has 1 saturated heterocycles. The normalized spacial score (nSPS) is 18.6. The molecular formula is C10H10ClN3O2. The van der Waals surface area contributed by atoms with E-state index in [1.54, 1.807) is 22.8 Å². The highest BCUT2D eigenvalue weighted by atomic mass is 35.5. The van der Waals surface area contributed by atoms with Gasteiger partial charge in [-0.3, -0.25) is 0 Å². The van der Waals surface area contributed by atoms with E-state index in [0.29, 0.717) is 29.7 Å². The first-order chi connectivity index (χ1) is 7.73. The summed E-state index contributed by atoms with van der Waals surface area (Å²) in [6.45, 7) is 0.930. The monoisotopic (exact) mass is 239 g/mol. The number of pyridine rings is 1. The SMILES string of the molecule is OCC1(c2nc3cc(Cl)ccn3n2)COC1. The van der Waals surface area contributed by atoms with Gasteiger partial charge in [-0.05, 0) is 6.07 Å². The second-order valence-corrected chi connectivity index (χ2v) is 4.45. The Morgan fingerprint density at radius 2 is 2.38 bits per heavy atom. The number of aliphatic hydroxyl groups excluding tert-OH is 1. The third kappa shape index (κ3) is 1.32. The van der Waals surface area contributed by atoms with Gasteiger partial charge < -0.3 is 9.84 Å². The standard InChI is InChI=1S/C10H10ClN3O2/c11-7-1-2-14-8(3-7)12-9(13-14)10(4-15)5-16-6-10/h1-3,15H,4-6H2. The molecule has 1 N–H and O–H groups in total. The number of aromatic nitrogens is 3. The van der Waals surface area contributed by atoms with Crippen LogP contribution in [0.3, 0.4) is 0 Å². The van der Waals surface area contributed by atoms with Gasteiger partial charge in [0.1, 0.15) is 5.41 Å². The molecule has 0 saturated carbocycles. The maximum atomic E-state index is 9.37. The van der Waals surface area contributed by atoms with Crippen molar-refractivity contribution in [3.63, 3.8) is 0 Å². The van der Waals surface area contributed by atoms with Crippen molar-refractivity contribution in [3.05, 3.63) is 29.2 Å². The molecule has 2 aromatic heterocycles. The Kier molecular flexibility index (Phi) is 2.14. The maximum Gasteiger partial charge on any atom is 0.164 e. The molecule has 5 nitrogen and oxygen atoms in total. The molecule has 16 heavy (non-hydrogen) atoms. The number of rotatable bonds is 2. The van der Waals surface area contributed by atoms with Gasteiger partial charge in [0.2, 0.25) is 0 Å². The molecule has 84 valence electrons. The molecule has 3 rings (SSSR count). The lowest BCUT2D eigenvalue weighted by atomic mass is 9.86. The fraction of sp³-hybridized carbons (Fsp3) is 0.400. The van der Waals surface area contributed by atoms with Gasteiger partial charge in [-0.15, -0.1) is 0 Å². The minimum Gasteiger partial charge on any atom is -0.395 e. The predicted octanol–water partition coefficient (Wildman–Crippen LogP) is 0.643. The molecule has 6 heteroatoms. The first-order valence-corrected chi connectivity index (χ1v) is 5.32. The van der Waals surface area contributed by atoms with Crippen molar-refractivity contribution in [1.29, 1.82) is 0 Å². The average molecular weight is 240 g/mol. The van der Waals surface area contributed by atoms with Crippen LogP contribution in [-0.2, 0) is 10.2 Å². The summed E-state index contributed by atoms with van der Waals surface area (Å²) in [5.74, 6) is 0.614. The molecule has 0 bridgehead atoms. The smallest absolute Gasteiger partial charge is 0.164 e. The number of hydrogen-bond donors (Lipinski definition) is 1. The zero-order valence-electron chi connectivity index (χ0n) is 8.43. The fourth-order valence-electron chi connectivity index (χ4n) is 1.72. The van der Waals surface area contributed by atoms with E-state index in [0.717, 1.165) is 0 Å². The minimum atomic E-state index is -0.432. The Bertz CT molecular complexity index is 530. The van der Waals surface area contributed by atoms with Gasteiger partial charge in [0, 0.05) is 17.3 Å². The van der Waals surface area contributed by atoms with Crippen LogP contribution < -0.4 is 0 Å². The second kappa shape index (κ2) is 3.41. The van der Waals surface area contributed by atoms with Crippen molar-refractivity contribution in [1.82, 2.24) is 14.6 Å². The van der Waals surface area contributed by atoms with Crippen molar-refractivity contribution in [2.45, 2.75) is 5.41 Å². The molecule has 1 fully saturated rings. The van der Waals surface area contributed by atoms with E-state index in [4.69, 9.17) is 16.3 Å². The Balaban J connectivity index is 2.11. The molecule has 1 aliphatic rings. The van der Waals surface area contributed by atoms with E-state index in [2.05, 4.69) is 10.1 Å². The molecule has 0 unspecified atom stereocenters. The summed E-state index contributed by atoms with van der Waals surface area (Å²) in [6, 6.07) is 3.48. The Hall–Kier alpha value is -1.17. The molecule has 2 aromatic rings. The van der Waals surface area contributed by atoms with E-state index in [-0.39, 0.29) is 6.61 Å². The van der Waals surface area contributed by atoms with Crippen LogP contribution in [0.1, 0.15) is 5.82 Å². The van der Waals surface area contributed by atoms with Crippen LogP contribution in [0.4, 0.5) is 0 Å². The van der Waals surface area contributed by atoms with Crippen LogP contribution in [0.2, 0.25) is 5.02 Å². The van der Waals surface area contributed by atoms with Crippen LogP contribution in [-0.4, -0.2) is 39.5 Å². The lowest BCUT2D eigenvalue weighted by Crippen LogP contribution is -2.50. The van der Waals surface area contributed by atoms with Gasteiger partial charge in [0.05, 0.1) is 19.8 Å². The Labute approximate surface area is 96.6 Å². The van der Waals surface area contributed by atoms with Crippen molar-refractivity contribution >= 4 is 17.2 Å². The summed E-state index contributed by atoms with van der Waals surface area (Å²) in [4.78, 5) is 4.37. The lowest BCUT2D eigenvalue weighted by Gasteiger charge is -2.36. The van der Waals surface area contributed by atoms with Gasteiger partial charge in [-0.25, -0.2) is 9.50 Å². The zero-order chi connectivity index (χ0) is 11.2. The second-order valence-electron chi connectivity index (χ2n) is 4.01. The Morgan fingerprint density at radius 1 is 1.56 bits per heavy atom. The van der Waals surface area contributed by atoms with Crippen molar-refractivity contribution in [2.24, 2.45) is 0 Å². The largest absolute Gasteiger partial charge is 0.395 e. The zero-order valence-corrected chi connectivity index (χ0v) is 9.18. The molecule has 0 radical (unpaired) electrons. The summed E-state index contributed by atoms with van der Waals surface area (Å²) in [5, 5.41) is 14.3. The molecule has 0 spiro atoms. The minimum absolute atomic E-state index is 0.00237. The van der Waals surface area contributed by atoms with Gasteiger partial charge in [-0.2, -0.15) is 5.10 Å². The molecule has 3 heterocycles. The Morgan fingerprint density at radius 3 is 3.00 bits per heavy atom. The third-order valence-electron chi connectivity index (χ3n) is 2.83. The first-order valence-electron chi connectivity index (χ1n) is 4.95. The number of nitrogens with zero attached hydrogens (tertiary/aromatic N) is 3. The summed E-state index contributed by atoms with van der Waals surface area (Å²) in [7, 11) is 0. The van der Waals surface area contributed by atoms with E-state index in [1.165, 1.54) is 0 Å². The number of hydrogen-bond acceptors (Lipinski definition) is 4. The van der Waals surface area contributed by atoms with Crippen molar-refractivity contribution in [3.8, 4) is 0 Å². The highest BCUT2D eigenvalue weighted by Gasteiger charge is 2.43. The van der Waals surface area contributed by atoms with Crippen LogP contribution in [0.25, 0.3) is 5.65 Å². The maximum absolute atomic E-state index is 9.37. The molecule has 0 amide bonds. The van der Waals surface area contributed by atoms with Gasteiger partial charge >= 0.3 is 0 Å². The molecular weight excluding hydrogens is 230 g/mol. The van der Waals surface area contributed by atoms with E-state index >= 15 is 0 Å². The number of ether oxygens (including phenoxy) is 1. The number of halogens is 1. The summed E-state index contributed by atoms with van der Waals surface area (Å²) in [5.41, 5.74) is 0.251. The number of aliphatic hydroxyl groups is 1. The summed E-state index contributed by atoms with van der Waals surface area (Å²) in [6.07, 6.45) is 1.75. The van der Waals surface area contributed by atoms with Crippen molar-refractivity contribution < 1.29 is 9.84 Å². The molecule has 0 aromatic carbocycles. The highest BCUT2D eigenvalue weighted by molar-refractivity contribution is 6.30. The fourth-order valence-corrected chi connectivity index (χ4v) is 1.87. The molecule has 0 aliphatic carbocycles. The van der Waals surface area contributed by atoms with Gasteiger partial charge in [0.15, 0.2) is 11.5 Å². The first kappa shape index (κ1) is 10.0. The number of fused-ring (bicyclic) bond motifs is 1.